The fourth-order valence-corrected chi connectivity index (χ4v) is 3.98. The van der Waals surface area contributed by atoms with Gasteiger partial charge in [0.05, 0.1) is 23.8 Å². The molecular formula is C25H15F4N7O. The minimum atomic E-state index is -4.73. The van der Waals surface area contributed by atoms with E-state index in [1.807, 2.05) is 24.3 Å². The summed E-state index contributed by atoms with van der Waals surface area (Å²) in [4.78, 5) is 8.53. The van der Waals surface area contributed by atoms with Crippen molar-refractivity contribution in [2.45, 2.75) is 12.7 Å². The van der Waals surface area contributed by atoms with Crippen LogP contribution < -0.4 is 5.32 Å². The van der Waals surface area contributed by atoms with Gasteiger partial charge in [0.1, 0.15) is 18.0 Å². The van der Waals surface area contributed by atoms with Crippen molar-refractivity contribution in [2.75, 3.05) is 5.32 Å². The van der Waals surface area contributed by atoms with E-state index in [-0.39, 0.29) is 11.7 Å². The number of nitrogens with one attached hydrogen (secondary N) is 1. The molecule has 0 radical (unpaired) electrons. The van der Waals surface area contributed by atoms with E-state index in [1.165, 1.54) is 18.5 Å². The van der Waals surface area contributed by atoms with Crippen LogP contribution in [0.5, 0.6) is 0 Å². The van der Waals surface area contributed by atoms with Gasteiger partial charge in [0.25, 0.3) is 0 Å². The van der Waals surface area contributed by atoms with Crippen LogP contribution >= 0.6 is 0 Å². The van der Waals surface area contributed by atoms with Crippen molar-refractivity contribution in [1.82, 2.24) is 29.9 Å². The van der Waals surface area contributed by atoms with Crippen LogP contribution in [-0.2, 0) is 12.7 Å². The second kappa shape index (κ2) is 8.66. The fraction of sp³-hybridized carbons (Fsp3) is 0.0800. The number of anilines is 2. The number of halogens is 4. The number of fused-ring (bicyclic) bond motifs is 2. The highest BCUT2D eigenvalue weighted by atomic mass is 19.4. The predicted octanol–water partition coefficient (Wildman–Crippen LogP) is 5.98. The Morgan fingerprint density at radius 3 is 2.65 bits per heavy atom. The maximum atomic E-state index is 13.5. The zero-order valence-electron chi connectivity index (χ0n) is 18.7. The number of hydrogen-bond donors (Lipinski definition) is 1. The molecule has 3 heterocycles. The van der Waals surface area contributed by atoms with E-state index in [4.69, 9.17) is 4.42 Å². The molecule has 6 rings (SSSR count). The molecule has 0 aliphatic carbocycles. The van der Waals surface area contributed by atoms with Gasteiger partial charge in [0.2, 0.25) is 5.89 Å². The minimum Gasteiger partial charge on any atom is -0.413 e. The third-order valence-electron chi connectivity index (χ3n) is 5.68. The van der Waals surface area contributed by atoms with Gasteiger partial charge in [0, 0.05) is 22.0 Å². The lowest BCUT2D eigenvalue weighted by Gasteiger charge is -2.10. The van der Waals surface area contributed by atoms with Crippen molar-refractivity contribution in [1.29, 1.82) is 0 Å². The van der Waals surface area contributed by atoms with Crippen molar-refractivity contribution in [3.63, 3.8) is 0 Å². The Labute approximate surface area is 205 Å². The normalized spacial score (nSPS) is 11.9. The largest absolute Gasteiger partial charge is 0.470 e. The van der Waals surface area contributed by atoms with E-state index >= 15 is 0 Å². The Hall–Kier alpha value is -4.87. The van der Waals surface area contributed by atoms with Gasteiger partial charge in [-0.15, -0.1) is 10.2 Å². The summed E-state index contributed by atoms with van der Waals surface area (Å²) >= 11 is 0. The summed E-state index contributed by atoms with van der Waals surface area (Å²) in [5.41, 5.74) is 3.23. The maximum absolute atomic E-state index is 13.5. The van der Waals surface area contributed by atoms with Crippen molar-refractivity contribution >= 4 is 33.3 Å². The molecule has 8 nitrogen and oxygen atoms in total. The molecule has 0 spiro atoms. The topological polar surface area (TPSA) is 94.6 Å². The van der Waals surface area contributed by atoms with E-state index in [0.29, 0.717) is 34.5 Å². The van der Waals surface area contributed by atoms with Crippen LogP contribution in [0.2, 0.25) is 0 Å². The van der Waals surface area contributed by atoms with Gasteiger partial charge in [-0.3, -0.25) is 4.68 Å². The molecule has 1 N–H and O–H groups in total. The summed E-state index contributed by atoms with van der Waals surface area (Å²) in [5, 5.41) is 15.6. The smallest absolute Gasteiger partial charge is 0.413 e. The summed E-state index contributed by atoms with van der Waals surface area (Å²) in [6, 6.07) is 16.7. The molecule has 0 atom stereocenters. The Morgan fingerprint density at radius 2 is 1.84 bits per heavy atom. The number of benzene rings is 3. The molecule has 0 aliphatic rings. The minimum absolute atomic E-state index is 0.267. The lowest BCUT2D eigenvalue weighted by Crippen LogP contribution is -2.04. The first-order valence-electron chi connectivity index (χ1n) is 11.0. The monoisotopic (exact) mass is 505 g/mol. The van der Waals surface area contributed by atoms with Gasteiger partial charge >= 0.3 is 12.1 Å². The Bertz CT molecular complexity index is 1760. The zero-order chi connectivity index (χ0) is 25.6. The summed E-state index contributed by atoms with van der Waals surface area (Å²) in [6.45, 7) is 0.416. The van der Waals surface area contributed by atoms with Crippen molar-refractivity contribution in [3.8, 4) is 11.5 Å². The van der Waals surface area contributed by atoms with Crippen LogP contribution in [0, 0.1) is 5.82 Å². The van der Waals surface area contributed by atoms with Gasteiger partial charge in [-0.1, -0.05) is 12.1 Å². The average molecular weight is 505 g/mol. The first kappa shape index (κ1) is 22.6. The summed E-state index contributed by atoms with van der Waals surface area (Å²) in [7, 11) is 0. The predicted molar refractivity (Wildman–Crippen MR) is 126 cm³/mol. The van der Waals surface area contributed by atoms with Crippen LogP contribution in [-0.4, -0.2) is 29.9 Å². The highest BCUT2D eigenvalue weighted by Crippen LogP contribution is 2.32. The molecule has 12 heteroatoms. The molecule has 37 heavy (non-hydrogen) atoms. The van der Waals surface area contributed by atoms with Crippen LogP contribution in [0.1, 0.15) is 11.5 Å². The fourth-order valence-electron chi connectivity index (χ4n) is 3.98. The summed E-state index contributed by atoms with van der Waals surface area (Å²) in [5.74, 6) is -1.55. The molecule has 0 fully saturated rings. The SMILES string of the molecule is Fc1cccc(Cn2ncc3cc(Nc4ncnc5ccc(-c6nnc(C(F)(F)F)o6)cc45)ccc32)c1. The molecule has 0 saturated carbocycles. The van der Waals surface area contributed by atoms with E-state index in [9.17, 15) is 17.6 Å². The maximum Gasteiger partial charge on any atom is 0.470 e. The Balaban J connectivity index is 1.30. The van der Waals surface area contributed by atoms with E-state index in [2.05, 4.69) is 30.6 Å². The molecule has 0 aliphatic heterocycles. The Kier molecular flexibility index (Phi) is 5.29. The standard InChI is InChI=1S/C25H15F4N7O/c26-17-3-1-2-14(8-17)12-36-21-7-5-18(9-16(21)11-32-36)33-22-19-10-15(4-6-20(19)30-13-31-22)23-34-35-24(37-23)25(27,28)29/h1-11,13H,12H2,(H,30,31,33). The van der Waals surface area contributed by atoms with Crippen LogP contribution in [0.3, 0.4) is 0 Å². The number of rotatable bonds is 5. The van der Waals surface area contributed by atoms with Gasteiger partial charge in [-0.05, 0) is 54.1 Å². The number of aromatic nitrogens is 6. The third-order valence-corrected chi connectivity index (χ3v) is 5.68. The first-order valence-corrected chi connectivity index (χ1v) is 11.0. The molecule has 3 aromatic carbocycles. The number of nitrogens with zero attached hydrogens (tertiary/aromatic N) is 6. The molecule has 3 aromatic heterocycles. The molecule has 184 valence electrons. The van der Waals surface area contributed by atoms with Crippen LogP contribution in [0.25, 0.3) is 33.3 Å². The van der Waals surface area contributed by atoms with Crippen LogP contribution in [0.4, 0.5) is 29.1 Å². The molecule has 0 amide bonds. The average Bonchev–Trinajstić information content (AvgIpc) is 3.52. The lowest BCUT2D eigenvalue weighted by molar-refractivity contribution is -0.156. The highest BCUT2D eigenvalue weighted by molar-refractivity contribution is 5.94. The zero-order valence-corrected chi connectivity index (χ0v) is 18.7. The quantitative estimate of drug-likeness (QED) is 0.288. The second-order valence-electron chi connectivity index (χ2n) is 8.20. The highest BCUT2D eigenvalue weighted by Gasteiger charge is 2.38. The van der Waals surface area contributed by atoms with Crippen molar-refractivity contribution < 1.29 is 22.0 Å². The van der Waals surface area contributed by atoms with Gasteiger partial charge in [-0.25, -0.2) is 14.4 Å². The molecule has 6 aromatic rings. The Morgan fingerprint density at radius 1 is 0.946 bits per heavy atom. The van der Waals surface area contributed by atoms with Crippen molar-refractivity contribution in [3.05, 3.63) is 90.5 Å². The van der Waals surface area contributed by atoms with Gasteiger partial charge < -0.3 is 9.73 Å². The second-order valence-corrected chi connectivity index (χ2v) is 8.20. The van der Waals surface area contributed by atoms with E-state index < -0.39 is 12.1 Å². The first-order chi connectivity index (χ1) is 17.8. The van der Waals surface area contributed by atoms with E-state index in [0.717, 1.165) is 16.5 Å². The lowest BCUT2D eigenvalue weighted by atomic mass is 10.1. The van der Waals surface area contributed by atoms with Gasteiger partial charge in [0.15, 0.2) is 0 Å². The number of hydrogen-bond acceptors (Lipinski definition) is 7. The van der Waals surface area contributed by atoms with E-state index in [1.54, 1.807) is 35.1 Å². The summed E-state index contributed by atoms with van der Waals surface area (Å²) in [6.07, 6.45) is -1.64. The molecule has 0 unspecified atom stereocenters. The van der Waals surface area contributed by atoms with Crippen molar-refractivity contribution in [2.24, 2.45) is 0 Å². The molecule has 0 bridgehead atoms. The van der Waals surface area contributed by atoms with Gasteiger partial charge in [-0.2, -0.15) is 18.3 Å². The van der Waals surface area contributed by atoms with Crippen LogP contribution in [0.15, 0.2) is 77.6 Å². The molecular weight excluding hydrogens is 490 g/mol. The summed E-state index contributed by atoms with van der Waals surface area (Å²) < 4.78 is 58.7. The number of alkyl halides is 3. The third kappa shape index (κ3) is 4.44. The molecule has 0 saturated heterocycles.